The lowest BCUT2D eigenvalue weighted by Crippen LogP contribution is -2.28. The maximum atomic E-state index is 2.49. The SMILES string of the molecule is CCN1/C(=C/C2Sc3ccccc3N2CC)Sc2ccccc21. The van der Waals surface area contributed by atoms with Gasteiger partial charge in [-0.1, -0.05) is 47.8 Å². The van der Waals surface area contributed by atoms with Crippen LogP contribution in [0.4, 0.5) is 11.4 Å². The van der Waals surface area contributed by atoms with E-state index < -0.39 is 0 Å². The molecule has 1 atom stereocenters. The molecule has 0 bridgehead atoms. The summed E-state index contributed by atoms with van der Waals surface area (Å²) in [5, 5.41) is 1.74. The Hall–Kier alpha value is -1.52. The highest BCUT2D eigenvalue weighted by Gasteiger charge is 2.30. The maximum Gasteiger partial charge on any atom is 0.101 e. The Bertz CT molecular complexity index is 757. The number of fused-ring (bicyclic) bond motifs is 2. The summed E-state index contributed by atoms with van der Waals surface area (Å²) < 4.78 is 0. The molecule has 4 rings (SSSR count). The molecule has 0 fully saturated rings. The van der Waals surface area contributed by atoms with Gasteiger partial charge in [0.05, 0.1) is 16.4 Å². The highest BCUT2D eigenvalue weighted by Crippen LogP contribution is 2.49. The lowest BCUT2D eigenvalue weighted by Gasteiger charge is -2.25. The molecule has 2 heterocycles. The van der Waals surface area contributed by atoms with Crippen molar-refractivity contribution in [1.29, 1.82) is 0 Å². The summed E-state index contributed by atoms with van der Waals surface area (Å²) in [4.78, 5) is 7.67. The minimum absolute atomic E-state index is 0.378. The molecule has 2 aliphatic rings. The fraction of sp³-hybridized carbons (Fsp3) is 0.263. The zero-order valence-electron chi connectivity index (χ0n) is 13.4. The van der Waals surface area contributed by atoms with E-state index in [1.165, 1.54) is 26.2 Å². The van der Waals surface area contributed by atoms with Gasteiger partial charge < -0.3 is 9.80 Å². The molecule has 118 valence electrons. The molecule has 2 nitrogen and oxygen atoms in total. The predicted molar refractivity (Wildman–Crippen MR) is 103 cm³/mol. The van der Waals surface area contributed by atoms with Crippen LogP contribution in [0, 0.1) is 0 Å². The minimum Gasteiger partial charge on any atom is -0.355 e. The van der Waals surface area contributed by atoms with Crippen LogP contribution in [0.15, 0.2) is 69.4 Å². The van der Waals surface area contributed by atoms with Crippen molar-refractivity contribution in [2.75, 3.05) is 22.9 Å². The van der Waals surface area contributed by atoms with Crippen molar-refractivity contribution in [3.63, 3.8) is 0 Å². The highest BCUT2D eigenvalue weighted by atomic mass is 32.2. The fourth-order valence-corrected chi connectivity index (χ4v) is 5.81. The molecular formula is C19H20N2S2. The first-order valence-electron chi connectivity index (χ1n) is 8.10. The second kappa shape index (κ2) is 6.17. The lowest BCUT2D eigenvalue weighted by molar-refractivity contribution is 0.871. The van der Waals surface area contributed by atoms with Crippen LogP contribution in [0.3, 0.4) is 0 Å². The smallest absolute Gasteiger partial charge is 0.101 e. The number of likely N-dealkylation sites (N-methyl/N-ethyl adjacent to an activating group) is 1. The van der Waals surface area contributed by atoms with Gasteiger partial charge in [0.1, 0.15) is 5.37 Å². The van der Waals surface area contributed by atoms with Crippen molar-refractivity contribution < 1.29 is 0 Å². The maximum absolute atomic E-state index is 2.49. The summed E-state index contributed by atoms with van der Waals surface area (Å²) in [5.74, 6) is 0. The van der Waals surface area contributed by atoms with Gasteiger partial charge in [-0.2, -0.15) is 0 Å². The molecule has 0 radical (unpaired) electrons. The van der Waals surface area contributed by atoms with Gasteiger partial charge in [0, 0.05) is 22.9 Å². The second-order valence-corrected chi connectivity index (χ2v) is 7.80. The molecule has 1 unspecified atom stereocenters. The van der Waals surface area contributed by atoms with Gasteiger partial charge in [0.15, 0.2) is 0 Å². The largest absolute Gasteiger partial charge is 0.355 e. The third kappa shape index (κ3) is 2.54. The number of thioether (sulfide) groups is 2. The molecule has 2 aliphatic heterocycles. The number of anilines is 2. The normalized spacial score (nSPS) is 21.0. The van der Waals surface area contributed by atoms with E-state index in [-0.39, 0.29) is 0 Å². The highest BCUT2D eigenvalue weighted by molar-refractivity contribution is 8.04. The molecular weight excluding hydrogens is 320 g/mol. The third-order valence-electron chi connectivity index (χ3n) is 4.31. The van der Waals surface area contributed by atoms with E-state index in [2.05, 4.69) is 78.3 Å². The van der Waals surface area contributed by atoms with Crippen LogP contribution in [0.1, 0.15) is 13.8 Å². The molecule has 0 aliphatic carbocycles. The van der Waals surface area contributed by atoms with Crippen LogP contribution in [0.25, 0.3) is 0 Å². The molecule has 23 heavy (non-hydrogen) atoms. The number of benzene rings is 2. The minimum atomic E-state index is 0.378. The lowest BCUT2D eigenvalue weighted by atomic mass is 10.2. The summed E-state index contributed by atoms with van der Waals surface area (Å²) >= 11 is 3.85. The first-order valence-corrected chi connectivity index (χ1v) is 9.80. The van der Waals surface area contributed by atoms with Crippen molar-refractivity contribution in [2.45, 2.75) is 29.0 Å². The van der Waals surface area contributed by atoms with Crippen molar-refractivity contribution in [2.24, 2.45) is 0 Å². The Kier molecular flexibility index (Phi) is 4.04. The van der Waals surface area contributed by atoms with Gasteiger partial charge in [-0.3, -0.25) is 0 Å². The number of hydrogen-bond acceptors (Lipinski definition) is 4. The van der Waals surface area contributed by atoms with E-state index in [1.54, 1.807) is 0 Å². The summed E-state index contributed by atoms with van der Waals surface area (Å²) in [6, 6.07) is 17.4. The number of rotatable bonds is 3. The Labute approximate surface area is 146 Å². The first-order chi connectivity index (χ1) is 11.3. The Balaban J connectivity index is 1.67. The molecule has 2 aromatic rings. The second-order valence-electron chi connectivity index (χ2n) is 5.58. The molecule has 0 saturated carbocycles. The van der Waals surface area contributed by atoms with Crippen molar-refractivity contribution in [1.82, 2.24) is 0 Å². The Morgan fingerprint density at radius 3 is 2.35 bits per heavy atom. The van der Waals surface area contributed by atoms with E-state index >= 15 is 0 Å². The zero-order chi connectivity index (χ0) is 15.8. The summed E-state index contributed by atoms with van der Waals surface area (Å²) in [6.07, 6.45) is 2.43. The monoisotopic (exact) mass is 340 g/mol. The van der Waals surface area contributed by atoms with Crippen molar-refractivity contribution in [3.05, 3.63) is 59.6 Å². The van der Waals surface area contributed by atoms with E-state index in [1.807, 2.05) is 23.5 Å². The van der Waals surface area contributed by atoms with Gasteiger partial charge in [-0.05, 0) is 44.2 Å². The molecule has 0 saturated heterocycles. The van der Waals surface area contributed by atoms with Crippen molar-refractivity contribution >= 4 is 34.9 Å². The third-order valence-corrected chi connectivity index (χ3v) is 6.67. The van der Waals surface area contributed by atoms with Crippen LogP contribution in [0.5, 0.6) is 0 Å². The number of nitrogens with zero attached hydrogens (tertiary/aromatic N) is 2. The summed E-state index contributed by atoms with van der Waals surface area (Å²) in [7, 11) is 0. The predicted octanol–water partition coefficient (Wildman–Crippen LogP) is 5.42. The van der Waals surface area contributed by atoms with Crippen LogP contribution in [-0.4, -0.2) is 18.5 Å². The van der Waals surface area contributed by atoms with Gasteiger partial charge in [-0.25, -0.2) is 0 Å². The zero-order valence-corrected chi connectivity index (χ0v) is 15.0. The number of para-hydroxylation sites is 2. The fourth-order valence-electron chi connectivity index (χ4n) is 3.22. The van der Waals surface area contributed by atoms with Gasteiger partial charge in [0.2, 0.25) is 0 Å². The molecule has 4 heteroatoms. The van der Waals surface area contributed by atoms with Crippen LogP contribution in [0.2, 0.25) is 0 Å². The topological polar surface area (TPSA) is 6.48 Å². The van der Waals surface area contributed by atoms with E-state index in [0.29, 0.717) is 5.37 Å². The van der Waals surface area contributed by atoms with E-state index in [9.17, 15) is 0 Å². The first kappa shape index (κ1) is 15.0. The van der Waals surface area contributed by atoms with Gasteiger partial charge in [-0.15, -0.1) is 0 Å². The van der Waals surface area contributed by atoms with Crippen LogP contribution < -0.4 is 9.80 Å². The Morgan fingerprint density at radius 1 is 0.913 bits per heavy atom. The molecule has 2 aromatic carbocycles. The van der Waals surface area contributed by atoms with Crippen LogP contribution in [-0.2, 0) is 0 Å². The molecule has 0 amide bonds. The molecule has 0 aromatic heterocycles. The van der Waals surface area contributed by atoms with Gasteiger partial charge >= 0.3 is 0 Å². The van der Waals surface area contributed by atoms with E-state index in [0.717, 1.165) is 13.1 Å². The average Bonchev–Trinajstić information content (AvgIpc) is 3.11. The molecule has 0 N–H and O–H groups in total. The molecule has 0 spiro atoms. The van der Waals surface area contributed by atoms with Gasteiger partial charge in [0.25, 0.3) is 0 Å². The summed E-state index contributed by atoms with van der Waals surface area (Å²) in [5.41, 5.74) is 2.71. The average molecular weight is 341 g/mol. The van der Waals surface area contributed by atoms with Crippen molar-refractivity contribution in [3.8, 4) is 0 Å². The van der Waals surface area contributed by atoms with E-state index in [4.69, 9.17) is 0 Å². The quantitative estimate of drug-likeness (QED) is 0.736. The Morgan fingerprint density at radius 2 is 1.61 bits per heavy atom. The summed E-state index contributed by atoms with van der Waals surface area (Å²) in [6.45, 7) is 6.50. The number of hydrogen-bond donors (Lipinski definition) is 0. The standard InChI is InChI=1S/C19H20N2S2/c1-3-20-14-9-5-7-11-16(14)22-18(20)13-19-21(4-2)15-10-6-8-12-17(15)23-19/h5-13,18H,3-4H2,1-2H3/b19-13-. The van der Waals surface area contributed by atoms with Crippen LogP contribution >= 0.6 is 23.5 Å².